The zero-order valence-corrected chi connectivity index (χ0v) is 17.8. The Bertz CT molecular complexity index is 1070. The van der Waals surface area contributed by atoms with Gasteiger partial charge in [0.15, 0.2) is 0 Å². The first kappa shape index (κ1) is 21.9. The fourth-order valence-electron chi connectivity index (χ4n) is 2.88. The van der Waals surface area contributed by atoms with Crippen LogP contribution in [0.5, 0.6) is 5.75 Å². The number of carbonyl (C=O) groups is 2. The molecule has 2 atom stereocenters. The summed E-state index contributed by atoms with van der Waals surface area (Å²) in [6.45, 7) is 2.14. The summed E-state index contributed by atoms with van der Waals surface area (Å²) >= 11 is 5.87. The molecule has 0 aliphatic heterocycles. The molecule has 10 heteroatoms. The number of hydrogen-bond donors (Lipinski definition) is 4. The van der Waals surface area contributed by atoms with Crippen LogP contribution in [0.3, 0.4) is 0 Å². The number of carbonyl (C=O) groups excluding carboxylic acids is 2. The Labute approximate surface area is 179 Å². The summed E-state index contributed by atoms with van der Waals surface area (Å²) in [5, 5.41) is 15.5. The highest BCUT2D eigenvalue weighted by atomic mass is 35.5. The minimum Gasteiger partial charge on any atom is -0.506 e. The second kappa shape index (κ2) is 8.93. The number of aromatic hydroxyl groups is 1. The molecule has 0 saturated heterocycles. The molecule has 2 aromatic rings. The second-order valence-electron chi connectivity index (χ2n) is 7.20. The maximum atomic E-state index is 12.6. The van der Waals surface area contributed by atoms with Crippen LogP contribution in [0, 0.1) is 11.8 Å². The van der Waals surface area contributed by atoms with E-state index in [9.17, 15) is 23.1 Å². The Morgan fingerprint density at radius 2 is 1.93 bits per heavy atom. The van der Waals surface area contributed by atoms with Crippen molar-refractivity contribution in [3.63, 3.8) is 0 Å². The van der Waals surface area contributed by atoms with Gasteiger partial charge in [0.1, 0.15) is 5.75 Å². The Hall–Kier alpha value is -2.78. The lowest BCUT2D eigenvalue weighted by atomic mass is 10.2. The minimum absolute atomic E-state index is 0.00990. The number of phenolic OH excluding ortho intramolecular Hbond substituents is 1. The Morgan fingerprint density at radius 3 is 2.60 bits per heavy atom. The van der Waals surface area contributed by atoms with Gasteiger partial charge in [0.25, 0.3) is 10.0 Å². The quantitative estimate of drug-likeness (QED) is 0.459. The molecule has 1 aliphatic rings. The van der Waals surface area contributed by atoms with Crippen molar-refractivity contribution in [2.24, 2.45) is 11.8 Å². The Morgan fingerprint density at radius 1 is 1.20 bits per heavy atom. The third-order valence-electron chi connectivity index (χ3n) is 4.73. The van der Waals surface area contributed by atoms with Crippen LogP contribution >= 0.6 is 11.6 Å². The van der Waals surface area contributed by atoms with Gasteiger partial charge >= 0.3 is 0 Å². The first-order valence-electron chi connectivity index (χ1n) is 9.34. The van der Waals surface area contributed by atoms with Gasteiger partial charge < -0.3 is 15.7 Å². The van der Waals surface area contributed by atoms with Crippen LogP contribution in [0.4, 0.5) is 11.4 Å². The highest BCUT2D eigenvalue weighted by molar-refractivity contribution is 7.92. The number of anilines is 2. The van der Waals surface area contributed by atoms with Crippen molar-refractivity contribution in [2.75, 3.05) is 16.6 Å². The summed E-state index contributed by atoms with van der Waals surface area (Å²) in [4.78, 5) is 23.8. The van der Waals surface area contributed by atoms with Crippen molar-refractivity contribution in [3.8, 4) is 5.75 Å². The smallest absolute Gasteiger partial charge is 0.261 e. The van der Waals surface area contributed by atoms with E-state index in [0.717, 1.165) is 12.5 Å². The molecular weight excluding hydrogens is 430 g/mol. The van der Waals surface area contributed by atoms with Gasteiger partial charge in [-0.05, 0) is 48.7 Å². The summed E-state index contributed by atoms with van der Waals surface area (Å²) < 4.78 is 27.6. The number of phenols is 1. The molecule has 0 heterocycles. The molecule has 160 valence electrons. The monoisotopic (exact) mass is 451 g/mol. The predicted octanol–water partition coefficient (Wildman–Crippen LogP) is 2.95. The van der Waals surface area contributed by atoms with Crippen molar-refractivity contribution in [3.05, 3.63) is 47.5 Å². The topological polar surface area (TPSA) is 125 Å². The van der Waals surface area contributed by atoms with Gasteiger partial charge in [0, 0.05) is 23.9 Å². The molecule has 0 bridgehead atoms. The van der Waals surface area contributed by atoms with Crippen molar-refractivity contribution in [1.82, 2.24) is 5.32 Å². The molecule has 0 radical (unpaired) electrons. The zero-order valence-electron chi connectivity index (χ0n) is 16.2. The summed E-state index contributed by atoms with van der Waals surface area (Å²) in [6.07, 6.45) is 0.848. The minimum atomic E-state index is -3.97. The van der Waals surface area contributed by atoms with Crippen LogP contribution in [0.25, 0.3) is 0 Å². The predicted molar refractivity (Wildman–Crippen MR) is 114 cm³/mol. The fraction of sp³-hybridized carbons (Fsp3) is 0.300. The normalized spacial score (nSPS) is 17.8. The Balaban J connectivity index is 1.62. The van der Waals surface area contributed by atoms with Gasteiger partial charge in [0.2, 0.25) is 11.8 Å². The van der Waals surface area contributed by atoms with Crippen LogP contribution in [-0.4, -0.2) is 31.9 Å². The molecule has 2 amide bonds. The maximum absolute atomic E-state index is 12.6. The molecule has 2 aromatic carbocycles. The summed E-state index contributed by atoms with van der Waals surface area (Å²) in [7, 11) is -3.97. The zero-order chi connectivity index (χ0) is 21.9. The summed E-state index contributed by atoms with van der Waals surface area (Å²) in [6, 6.07) is 9.77. The van der Waals surface area contributed by atoms with E-state index in [0.29, 0.717) is 10.9 Å². The molecule has 2 unspecified atom stereocenters. The van der Waals surface area contributed by atoms with Crippen molar-refractivity contribution in [1.29, 1.82) is 0 Å². The lowest BCUT2D eigenvalue weighted by molar-refractivity contribution is -0.122. The van der Waals surface area contributed by atoms with Gasteiger partial charge in [-0.25, -0.2) is 8.42 Å². The molecule has 0 spiro atoms. The molecule has 1 aliphatic carbocycles. The molecule has 1 saturated carbocycles. The van der Waals surface area contributed by atoms with Crippen LogP contribution < -0.4 is 15.4 Å². The number of hydrogen-bond acceptors (Lipinski definition) is 5. The maximum Gasteiger partial charge on any atom is 0.261 e. The molecule has 0 aromatic heterocycles. The van der Waals surface area contributed by atoms with Gasteiger partial charge in [-0.15, -0.1) is 0 Å². The fourth-order valence-corrected chi connectivity index (χ4v) is 4.14. The summed E-state index contributed by atoms with van der Waals surface area (Å²) in [5.74, 6) is -0.419. The van der Waals surface area contributed by atoms with E-state index >= 15 is 0 Å². The highest BCUT2D eigenvalue weighted by Crippen LogP contribution is 2.37. The molecule has 1 fully saturated rings. The van der Waals surface area contributed by atoms with Crippen LogP contribution in [0.1, 0.15) is 19.8 Å². The number of rotatable bonds is 8. The van der Waals surface area contributed by atoms with Crippen LogP contribution in [-0.2, 0) is 19.6 Å². The van der Waals surface area contributed by atoms with E-state index in [-0.39, 0.29) is 46.8 Å². The third kappa shape index (κ3) is 5.64. The van der Waals surface area contributed by atoms with Gasteiger partial charge in [0.05, 0.1) is 16.3 Å². The average Bonchev–Trinajstić information content (AvgIpc) is 3.40. The van der Waals surface area contributed by atoms with Crippen molar-refractivity contribution >= 4 is 44.8 Å². The largest absolute Gasteiger partial charge is 0.506 e. The lowest BCUT2D eigenvalue weighted by Gasteiger charge is -2.12. The number of amides is 2. The van der Waals surface area contributed by atoms with E-state index < -0.39 is 15.9 Å². The lowest BCUT2D eigenvalue weighted by Crippen LogP contribution is -2.29. The van der Waals surface area contributed by atoms with E-state index in [1.54, 1.807) is 18.2 Å². The molecule has 3 rings (SSSR count). The molecular formula is C20H22ClN3O5S. The van der Waals surface area contributed by atoms with Gasteiger partial charge in [-0.3, -0.25) is 14.3 Å². The number of halogens is 1. The van der Waals surface area contributed by atoms with Gasteiger partial charge in [-0.2, -0.15) is 0 Å². The van der Waals surface area contributed by atoms with E-state index in [2.05, 4.69) is 15.4 Å². The van der Waals surface area contributed by atoms with E-state index in [4.69, 9.17) is 11.6 Å². The van der Waals surface area contributed by atoms with E-state index in [1.165, 1.54) is 18.2 Å². The molecule has 8 nitrogen and oxygen atoms in total. The molecule has 30 heavy (non-hydrogen) atoms. The van der Waals surface area contributed by atoms with Crippen molar-refractivity contribution < 1.29 is 23.1 Å². The second-order valence-corrected chi connectivity index (χ2v) is 9.32. The first-order valence-corrected chi connectivity index (χ1v) is 11.2. The van der Waals surface area contributed by atoms with E-state index in [1.807, 2.05) is 6.92 Å². The van der Waals surface area contributed by atoms with Crippen LogP contribution in [0.15, 0.2) is 47.4 Å². The standard InChI is InChI=1S/C20H22ClN3O5S/c1-12-9-16(12)20(27)22-8-7-19(26)23-17-11-15(5-6-18(17)25)30(28,29)24-14-4-2-3-13(21)10-14/h2-6,10-12,16,24-25H,7-9H2,1H3,(H,22,27)(H,23,26). The first-order chi connectivity index (χ1) is 14.2. The van der Waals surface area contributed by atoms with Crippen molar-refractivity contribution in [2.45, 2.75) is 24.7 Å². The third-order valence-corrected chi connectivity index (χ3v) is 6.34. The number of nitrogens with one attached hydrogen (secondary N) is 3. The average molecular weight is 452 g/mol. The number of sulfonamides is 1. The molecule has 4 N–H and O–H groups in total. The Kier molecular flexibility index (Phi) is 6.52. The highest BCUT2D eigenvalue weighted by Gasteiger charge is 2.38. The number of benzene rings is 2. The van der Waals surface area contributed by atoms with Gasteiger partial charge in [-0.1, -0.05) is 24.6 Å². The SMILES string of the molecule is CC1CC1C(=O)NCCC(=O)Nc1cc(S(=O)(=O)Nc2cccc(Cl)c2)ccc1O. The summed E-state index contributed by atoms with van der Waals surface area (Å²) in [5.41, 5.74) is 0.234. The van der Waals surface area contributed by atoms with Crippen LogP contribution in [0.2, 0.25) is 5.02 Å².